The highest BCUT2D eigenvalue weighted by molar-refractivity contribution is 5.58. The topological polar surface area (TPSA) is 69.2 Å². The summed E-state index contributed by atoms with van der Waals surface area (Å²) in [5, 5.41) is 12.8. The lowest BCUT2D eigenvalue weighted by molar-refractivity contribution is -0.0821. The molecule has 1 aliphatic rings. The van der Waals surface area contributed by atoms with Crippen LogP contribution in [-0.4, -0.2) is 51.1 Å². The predicted octanol–water partition coefficient (Wildman–Crippen LogP) is 2.37. The van der Waals surface area contributed by atoms with Crippen LogP contribution in [0.3, 0.4) is 0 Å². The summed E-state index contributed by atoms with van der Waals surface area (Å²) in [6.45, 7) is 4.37. The van der Waals surface area contributed by atoms with Gasteiger partial charge in [0.2, 0.25) is 11.8 Å². The third-order valence-electron chi connectivity index (χ3n) is 4.30. The van der Waals surface area contributed by atoms with Crippen LogP contribution >= 0.6 is 0 Å². The van der Waals surface area contributed by atoms with Gasteiger partial charge in [0.1, 0.15) is 6.10 Å². The average molecular weight is 339 g/mol. The van der Waals surface area contributed by atoms with E-state index in [9.17, 15) is 0 Å². The van der Waals surface area contributed by atoms with Crippen LogP contribution in [0.1, 0.15) is 24.5 Å². The van der Waals surface area contributed by atoms with Crippen molar-refractivity contribution in [3.8, 4) is 11.5 Å². The van der Waals surface area contributed by atoms with E-state index in [1.807, 2.05) is 41.2 Å². The first kappa shape index (κ1) is 16.0. The van der Waals surface area contributed by atoms with E-state index < -0.39 is 0 Å². The molecular formula is C18H21N5O2. The second-order valence-electron chi connectivity index (χ2n) is 6.46. The van der Waals surface area contributed by atoms with Crippen molar-refractivity contribution in [2.75, 3.05) is 20.1 Å². The van der Waals surface area contributed by atoms with Gasteiger partial charge in [0.25, 0.3) is 0 Å². The molecule has 3 heterocycles. The molecule has 7 heteroatoms. The number of nitrogens with zero attached hydrogens (tertiary/aromatic N) is 5. The van der Waals surface area contributed by atoms with Gasteiger partial charge in [-0.05, 0) is 31.7 Å². The number of ether oxygens (including phenoxy) is 1. The van der Waals surface area contributed by atoms with Gasteiger partial charge in [-0.3, -0.25) is 4.68 Å². The van der Waals surface area contributed by atoms with Crippen molar-refractivity contribution in [1.29, 1.82) is 0 Å². The summed E-state index contributed by atoms with van der Waals surface area (Å²) in [7, 11) is 2.07. The fourth-order valence-corrected chi connectivity index (χ4v) is 3.21. The molecule has 25 heavy (non-hydrogen) atoms. The predicted molar refractivity (Wildman–Crippen MR) is 91.8 cm³/mol. The van der Waals surface area contributed by atoms with Gasteiger partial charge < -0.3 is 14.1 Å². The lowest BCUT2D eigenvalue weighted by atomic mass is 10.1. The zero-order valence-electron chi connectivity index (χ0n) is 14.4. The second-order valence-corrected chi connectivity index (χ2v) is 6.46. The number of rotatable bonds is 4. The maximum absolute atomic E-state index is 5.96. The number of likely N-dealkylation sites (N-methyl/N-ethyl adjacent to an activating group) is 1. The van der Waals surface area contributed by atoms with Crippen LogP contribution in [0.15, 0.2) is 47.1 Å². The maximum Gasteiger partial charge on any atom is 0.248 e. The number of morpholine rings is 1. The molecule has 2 aromatic heterocycles. The van der Waals surface area contributed by atoms with E-state index in [-0.39, 0.29) is 12.2 Å². The van der Waals surface area contributed by atoms with E-state index in [2.05, 4.69) is 34.2 Å². The number of benzene rings is 1. The minimum atomic E-state index is -0.187. The average Bonchev–Trinajstić information content (AvgIpc) is 3.26. The molecule has 3 aromatic rings. The van der Waals surface area contributed by atoms with Crippen LogP contribution in [0, 0.1) is 0 Å². The minimum absolute atomic E-state index is 0.145. The molecular weight excluding hydrogens is 318 g/mol. The number of hydrogen-bond acceptors (Lipinski definition) is 6. The molecule has 1 fully saturated rings. The third-order valence-corrected chi connectivity index (χ3v) is 4.30. The van der Waals surface area contributed by atoms with Gasteiger partial charge in [0, 0.05) is 31.0 Å². The Labute approximate surface area is 146 Å². The Bertz CT molecular complexity index is 820. The van der Waals surface area contributed by atoms with Crippen molar-refractivity contribution in [3.05, 3.63) is 54.2 Å². The first-order valence-electron chi connectivity index (χ1n) is 8.42. The fraction of sp³-hybridized carbons (Fsp3) is 0.389. The van der Waals surface area contributed by atoms with Crippen LogP contribution in [0.25, 0.3) is 11.5 Å². The molecule has 0 amide bonds. The van der Waals surface area contributed by atoms with Crippen molar-refractivity contribution in [1.82, 2.24) is 24.9 Å². The number of hydrogen-bond donors (Lipinski definition) is 0. The van der Waals surface area contributed by atoms with E-state index in [0.717, 1.165) is 24.2 Å². The molecule has 0 spiro atoms. The zero-order chi connectivity index (χ0) is 17.2. The summed E-state index contributed by atoms with van der Waals surface area (Å²) in [6.07, 6.45) is 3.66. The van der Waals surface area contributed by atoms with Crippen molar-refractivity contribution >= 4 is 0 Å². The van der Waals surface area contributed by atoms with Gasteiger partial charge in [-0.1, -0.05) is 18.2 Å². The van der Waals surface area contributed by atoms with Crippen LogP contribution in [0.2, 0.25) is 0 Å². The Hall–Kier alpha value is -2.51. The van der Waals surface area contributed by atoms with Crippen LogP contribution < -0.4 is 0 Å². The molecule has 0 saturated carbocycles. The van der Waals surface area contributed by atoms with E-state index in [1.165, 1.54) is 0 Å². The van der Waals surface area contributed by atoms with Crippen LogP contribution in [-0.2, 0) is 11.3 Å². The molecule has 0 N–H and O–H groups in total. The highest BCUT2D eigenvalue weighted by Gasteiger charge is 2.29. The Morgan fingerprint density at radius 3 is 2.84 bits per heavy atom. The Balaban J connectivity index is 1.60. The molecule has 0 aliphatic carbocycles. The molecule has 1 aliphatic heterocycles. The first-order chi connectivity index (χ1) is 12.2. The van der Waals surface area contributed by atoms with Crippen molar-refractivity contribution in [2.45, 2.75) is 25.7 Å². The molecule has 4 rings (SSSR count). The minimum Gasteiger partial charge on any atom is -0.418 e. The smallest absolute Gasteiger partial charge is 0.248 e. The first-order valence-corrected chi connectivity index (χ1v) is 8.42. The molecule has 1 aromatic carbocycles. The Morgan fingerprint density at radius 2 is 2.04 bits per heavy atom. The van der Waals surface area contributed by atoms with Crippen molar-refractivity contribution in [3.63, 3.8) is 0 Å². The third kappa shape index (κ3) is 3.47. The largest absolute Gasteiger partial charge is 0.418 e. The van der Waals surface area contributed by atoms with E-state index in [1.54, 1.807) is 6.20 Å². The zero-order valence-corrected chi connectivity index (χ0v) is 14.4. The van der Waals surface area contributed by atoms with E-state index in [4.69, 9.17) is 9.15 Å². The monoisotopic (exact) mass is 339 g/mol. The fourth-order valence-electron chi connectivity index (χ4n) is 3.21. The van der Waals surface area contributed by atoms with Crippen LogP contribution in [0.5, 0.6) is 0 Å². The van der Waals surface area contributed by atoms with Gasteiger partial charge in [-0.15, -0.1) is 10.2 Å². The summed E-state index contributed by atoms with van der Waals surface area (Å²) in [5.74, 6) is 1.05. The summed E-state index contributed by atoms with van der Waals surface area (Å²) in [4.78, 5) is 2.22. The van der Waals surface area contributed by atoms with Gasteiger partial charge in [0.15, 0.2) is 0 Å². The lowest BCUT2D eigenvalue weighted by Gasteiger charge is -2.32. The van der Waals surface area contributed by atoms with Crippen molar-refractivity contribution < 1.29 is 9.15 Å². The van der Waals surface area contributed by atoms with E-state index in [0.29, 0.717) is 18.3 Å². The van der Waals surface area contributed by atoms with Gasteiger partial charge >= 0.3 is 0 Å². The highest BCUT2D eigenvalue weighted by Crippen LogP contribution is 2.28. The SMILES string of the molecule is C[C@@H]1CN(C)C[C@H](c2nnc(-c3ccccc3Cn3cccn3)o2)O1. The molecule has 1 saturated heterocycles. The lowest BCUT2D eigenvalue weighted by Crippen LogP contribution is -2.40. The highest BCUT2D eigenvalue weighted by atomic mass is 16.5. The van der Waals surface area contributed by atoms with Crippen molar-refractivity contribution in [2.24, 2.45) is 0 Å². The summed E-state index contributed by atoms with van der Waals surface area (Å²) in [6, 6.07) is 9.92. The number of aromatic nitrogens is 4. The summed E-state index contributed by atoms with van der Waals surface area (Å²) >= 11 is 0. The van der Waals surface area contributed by atoms with Gasteiger partial charge in [0.05, 0.1) is 12.6 Å². The molecule has 2 atom stereocenters. The maximum atomic E-state index is 5.96. The standard InChI is InChI=1S/C18H21N5O2/c1-13-10-22(2)12-16(24-13)18-21-20-17(25-18)15-7-4-3-6-14(15)11-23-9-5-8-19-23/h3-9,13,16H,10-12H2,1-2H3/t13-,16-/m1/s1. The second kappa shape index (κ2) is 6.78. The Kier molecular flexibility index (Phi) is 4.33. The van der Waals surface area contributed by atoms with Crippen LogP contribution in [0.4, 0.5) is 0 Å². The van der Waals surface area contributed by atoms with Gasteiger partial charge in [-0.2, -0.15) is 5.10 Å². The quantitative estimate of drug-likeness (QED) is 0.727. The molecule has 7 nitrogen and oxygen atoms in total. The normalized spacial score (nSPS) is 21.5. The molecule has 130 valence electrons. The molecule has 0 bridgehead atoms. The molecule has 0 unspecified atom stereocenters. The Morgan fingerprint density at radius 1 is 1.16 bits per heavy atom. The summed E-state index contributed by atoms with van der Waals surface area (Å²) in [5.41, 5.74) is 2.01. The van der Waals surface area contributed by atoms with E-state index >= 15 is 0 Å². The van der Waals surface area contributed by atoms with Gasteiger partial charge in [-0.25, -0.2) is 0 Å². The summed E-state index contributed by atoms with van der Waals surface area (Å²) < 4.78 is 13.8. The molecule has 0 radical (unpaired) electrons.